The Labute approximate surface area is 493 Å². The summed E-state index contributed by atoms with van der Waals surface area (Å²) in [4.78, 5) is 174. The first-order chi connectivity index (χ1) is 39.5. The van der Waals surface area contributed by atoms with Crippen LogP contribution in [0.15, 0.2) is 42.5 Å². The highest BCUT2D eigenvalue weighted by Crippen LogP contribution is 2.15. The molecule has 1 aromatic rings. The number of primary amides is 1. The lowest BCUT2D eigenvalue weighted by atomic mass is 9.99. The van der Waals surface area contributed by atoms with Gasteiger partial charge < -0.3 is 74.6 Å². The minimum absolute atomic E-state index is 0.00918. The summed E-state index contributed by atoms with van der Waals surface area (Å²) < 4.78 is 0. The van der Waals surface area contributed by atoms with Crippen LogP contribution in [0, 0.1) is 17.8 Å². The fourth-order valence-corrected chi connectivity index (χ4v) is 9.27. The van der Waals surface area contributed by atoms with Crippen molar-refractivity contribution >= 4 is 88.7 Å². The van der Waals surface area contributed by atoms with Crippen LogP contribution in [-0.2, 0) is 68.7 Å². The number of nitrogens with two attached hydrogens (primary N) is 2. The number of benzene rings is 1. The predicted octanol–water partition coefficient (Wildman–Crippen LogP) is -0.369. The predicted molar refractivity (Wildman–Crippen MR) is 310 cm³/mol. The van der Waals surface area contributed by atoms with Crippen LogP contribution in [0.1, 0.15) is 131 Å². The molecular weight excluding hydrogens is 1110 g/mol. The van der Waals surface area contributed by atoms with Crippen molar-refractivity contribution in [2.75, 3.05) is 12.0 Å². The summed E-state index contributed by atoms with van der Waals surface area (Å²) >= 11 is 1.38. The van der Waals surface area contributed by atoms with Crippen molar-refractivity contribution < 1.29 is 77.6 Å². The van der Waals surface area contributed by atoms with Crippen LogP contribution in [0.5, 0.6) is 0 Å². The monoisotopic (exact) mass is 1200 g/mol. The van der Waals surface area contributed by atoms with Gasteiger partial charge >= 0.3 is 17.9 Å². The lowest BCUT2D eigenvalue weighted by Crippen LogP contribution is -2.61. The lowest BCUT2D eigenvalue weighted by molar-refractivity contribution is -0.142. The Morgan fingerprint density at radius 3 is 1.77 bits per heavy atom. The largest absolute Gasteiger partial charge is 0.481 e. The number of carbonyl (C=O) groups excluding carboxylic acids is 10. The number of rotatable bonds is 28. The van der Waals surface area contributed by atoms with E-state index in [0.29, 0.717) is 24.2 Å². The van der Waals surface area contributed by atoms with E-state index in [9.17, 15) is 72.5 Å². The Morgan fingerprint density at radius 2 is 1.21 bits per heavy atom. The number of amides is 10. The first kappa shape index (κ1) is 72.5. The molecule has 1 aliphatic heterocycles. The molecule has 0 bridgehead atoms. The standard InChI is InChI=1S/C56H87N11O16S/c1-30(2)25-39(63-47(73)34(57)28-45(71)72)51(77)61-37(21-22-44(69)70)49(75)59-35-19-15-10-8-9-11-16-20-36(50(76)67-46(32(5)6)55(81)62-38(56(82)83)23-24-84-7)60-54(80)42(29-43(58)68)66-53(79)41(27-33-17-13-12-14-18-33)65-52(78)40(26-31(3)4)64-48(35)74/h8-9,12-14,17-18,30-32,34-42,46H,10-11,15-16,19-29,57H2,1-7H3,(H2,58,68)(H,59,75)(H,60,80)(H,61,77)(H,62,81)(H,63,73)(H,64,74)(H,65,78)(H,66,79)(H,67,76)(H,69,70)(H,71,72)(H,82,83)/b9-8-/t34-,35-,36-,37-,38-,39-,40-,41-,42-,46-/m0/s1. The first-order valence-corrected chi connectivity index (χ1v) is 29.5. The summed E-state index contributed by atoms with van der Waals surface area (Å²) in [5, 5.41) is 51.7. The molecule has 0 saturated heterocycles. The Kier molecular flexibility index (Phi) is 32.4. The normalized spacial score (nSPS) is 20.8. The van der Waals surface area contributed by atoms with Crippen LogP contribution in [-0.4, -0.2) is 165 Å². The van der Waals surface area contributed by atoms with E-state index in [-0.39, 0.29) is 63.2 Å². The first-order valence-electron chi connectivity index (χ1n) is 28.1. The third-order valence-electron chi connectivity index (χ3n) is 13.3. The number of hydrogen-bond acceptors (Lipinski definition) is 15. The number of nitrogens with one attached hydrogen (secondary N) is 9. The van der Waals surface area contributed by atoms with E-state index < -0.39 is 169 Å². The molecule has 2 rings (SSSR count). The molecule has 0 aliphatic carbocycles. The van der Waals surface area contributed by atoms with E-state index in [2.05, 4.69) is 47.9 Å². The number of carbonyl (C=O) groups is 13. The fourth-order valence-electron chi connectivity index (χ4n) is 8.80. The van der Waals surface area contributed by atoms with Gasteiger partial charge in [-0.3, -0.25) is 57.5 Å². The highest BCUT2D eigenvalue weighted by molar-refractivity contribution is 7.98. The Morgan fingerprint density at radius 1 is 0.643 bits per heavy atom. The topological polar surface area (TPSA) is 443 Å². The molecule has 0 aromatic heterocycles. The van der Waals surface area contributed by atoms with E-state index >= 15 is 0 Å². The Bertz CT molecular complexity index is 2460. The van der Waals surface area contributed by atoms with Crippen molar-refractivity contribution in [3.05, 3.63) is 48.0 Å². The highest BCUT2D eigenvalue weighted by atomic mass is 32.2. The lowest BCUT2D eigenvalue weighted by Gasteiger charge is -2.29. The third kappa shape index (κ3) is 27.6. The van der Waals surface area contributed by atoms with Gasteiger partial charge in [-0.25, -0.2) is 4.79 Å². The van der Waals surface area contributed by atoms with Gasteiger partial charge in [0.15, 0.2) is 0 Å². The summed E-state index contributed by atoms with van der Waals surface area (Å²) in [5.41, 5.74) is 11.9. The molecule has 0 unspecified atom stereocenters. The van der Waals surface area contributed by atoms with Gasteiger partial charge in [0.25, 0.3) is 0 Å². The number of allylic oxidation sites excluding steroid dienone is 2. The number of aliphatic carboxylic acids is 3. The van der Waals surface area contributed by atoms with Gasteiger partial charge in [0, 0.05) is 12.8 Å². The van der Waals surface area contributed by atoms with Crippen molar-refractivity contribution in [1.29, 1.82) is 0 Å². The van der Waals surface area contributed by atoms with Crippen LogP contribution in [0.25, 0.3) is 0 Å². The molecule has 0 radical (unpaired) electrons. The van der Waals surface area contributed by atoms with Gasteiger partial charge in [0.05, 0.1) is 18.9 Å². The van der Waals surface area contributed by atoms with Crippen molar-refractivity contribution in [2.45, 2.75) is 192 Å². The quantitative estimate of drug-likeness (QED) is 0.0476. The maximum Gasteiger partial charge on any atom is 0.326 e. The maximum absolute atomic E-state index is 14.5. The zero-order valence-corrected chi connectivity index (χ0v) is 49.7. The van der Waals surface area contributed by atoms with Crippen molar-refractivity contribution in [1.82, 2.24) is 47.9 Å². The molecule has 16 N–H and O–H groups in total. The molecule has 10 atom stereocenters. The van der Waals surface area contributed by atoms with Crippen LogP contribution in [0.2, 0.25) is 0 Å². The molecule has 1 aliphatic rings. The average molecular weight is 1200 g/mol. The summed E-state index contributed by atoms with van der Waals surface area (Å²) in [6.45, 7) is 10.2. The number of thioether (sulfide) groups is 1. The molecule has 28 heteroatoms. The van der Waals surface area contributed by atoms with Crippen LogP contribution in [0.4, 0.5) is 0 Å². The molecule has 0 spiro atoms. The zero-order chi connectivity index (χ0) is 63.2. The molecule has 84 heavy (non-hydrogen) atoms. The average Bonchev–Trinajstić information content (AvgIpc) is 3.51. The second-order valence-corrected chi connectivity index (χ2v) is 22.9. The smallest absolute Gasteiger partial charge is 0.326 e. The van der Waals surface area contributed by atoms with Crippen LogP contribution in [0.3, 0.4) is 0 Å². The number of carboxylic acids is 3. The van der Waals surface area contributed by atoms with Crippen LogP contribution < -0.4 is 59.3 Å². The van der Waals surface area contributed by atoms with Crippen molar-refractivity contribution in [3.63, 3.8) is 0 Å². The number of carboxylic acid groups (broad SMARTS) is 3. The van der Waals surface area contributed by atoms with Gasteiger partial charge in [-0.05, 0) is 99.5 Å². The van der Waals surface area contributed by atoms with Gasteiger partial charge in [-0.15, -0.1) is 0 Å². The number of hydrogen-bond donors (Lipinski definition) is 14. The van der Waals surface area contributed by atoms with Gasteiger partial charge in [0.2, 0.25) is 59.1 Å². The highest BCUT2D eigenvalue weighted by Gasteiger charge is 2.37. The van der Waals surface area contributed by atoms with Gasteiger partial charge in [0.1, 0.15) is 54.4 Å². The minimum atomic E-state index is -1.73. The van der Waals surface area contributed by atoms with E-state index in [1.165, 1.54) is 11.8 Å². The maximum atomic E-state index is 14.5. The Balaban J connectivity index is 2.71. The van der Waals surface area contributed by atoms with Crippen molar-refractivity contribution in [3.8, 4) is 0 Å². The minimum Gasteiger partial charge on any atom is -0.481 e. The van der Waals surface area contributed by atoms with E-state index in [0.717, 1.165) is 0 Å². The third-order valence-corrected chi connectivity index (χ3v) is 13.9. The summed E-state index contributed by atoms with van der Waals surface area (Å²) in [6, 6.07) is -6.14. The molecule has 1 aromatic carbocycles. The summed E-state index contributed by atoms with van der Waals surface area (Å²) in [5.74, 6) is -14.0. The summed E-state index contributed by atoms with van der Waals surface area (Å²) in [6.07, 6.45) is 3.36. The molecule has 0 saturated carbocycles. The Hall–Kier alpha value is -7.62. The van der Waals surface area contributed by atoms with Crippen LogP contribution >= 0.6 is 11.8 Å². The molecular formula is C56H87N11O16S. The fraction of sp³-hybridized carbons (Fsp3) is 0.625. The van der Waals surface area contributed by atoms with Gasteiger partial charge in [-0.1, -0.05) is 84.0 Å². The van der Waals surface area contributed by atoms with E-state index in [1.54, 1.807) is 90.3 Å². The molecule has 27 nitrogen and oxygen atoms in total. The molecule has 468 valence electrons. The second kappa shape index (κ2) is 37.6. The summed E-state index contributed by atoms with van der Waals surface area (Å²) in [7, 11) is 0. The van der Waals surface area contributed by atoms with Gasteiger partial charge in [-0.2, -0.15) is 11.8 Å². The van der Waals surface area contributed by atoms with Crippen molar-refractivity contribution in [2.24, 2.45) is 29.2 Å². The SMILES string of the molecule is CSCC[C@H](NC(=O)[C@@H](NC(=O)[C@@H]1CCC/C=C\CCC[C@H](NC(=O)[C@H](CCC(=O)O)NC(=O)[C@H](CC(C)C)NC(=O)[C@@H](N)CC(=O)O)C(=O)N[C@@H](CC(C)C)C(=O)N[C@@H](Cc2ccccc2)C(=O)N[C@@H](CC(N)=O)C(=O)N1)C(C)C)C(=O)O. The van der Waals surface area contributed by atoms with E-state index in [1.807, 2.05) is 0 Å². The molecule has 10 amide bonds. The van der Waals surface area contributed by atoms with E-state index in [4.69, 9.17) is 16.6 Å². The molecule has 1 heterocycles. The second-order valence-electron chi connectivity index (χ2n) is 21.9. The zero-order valence-electron chi connectivity index (χ0n) is 48.9. The molecule has 0 fully saturated rings.